The van der Waals surface area contributed by atoms with E-state index in [0.717, 1.165) is 18.2 Å². The highest BCUT2D eigenvalue weighted by atomic mass is 32.2. The summed E-state index contributed by atoms with van der Waals surface area (Å²) in [6, 6.07) is 2.22. The maximum atomic E-state index is 13.5. The maximum absolute atomic E-state index is 13.5. The fourth-order valence-corrected chi connectivity index (χ4v) is 3.16. The number of hydrogen-bond acceptors (Lipinski definition) is 5. The quantitative estimate of drug-likeness (QED) is 0.640. The molecule has 8 nitrogen and oxygen atoms in total. The van der Waals surface area contributed by atoms with Gasteiger partial charge in [0.2, 0.25) is 15.8 Å². The normalized spacial score (nSPS) is 13.0. The second kappa shape index (κ2) is 5.58. The third-order valence-electron chi connectivity index (χ3n) is 2.77. The Morgan fingerprint density at radius 3 is 2.76 bits per heavy atom. The van der Waals surface area contributed by atoms with Gasteiger partial charge in [-0.2, -0.15) is 9.49 Å². The Balaban J connectivity index is 2.41. The number of para-hydroxylation sites is 1. The van der Waals surface area contributed by atoms with Crippen LogP contribution in [0, 0.1) is 15.9 Å². The van der Waals surface area contributed by atoms with Crippen LogP contribution in [0.1, 0.15) is 18.5 Å². The highest BCUT2D eigenvalue weighted by molar-refractivity contribution is 7.89. The number of nitro benzene ring substituents is 1. The first kappa shape index (κ1) is 15.1. The number of hydrogen-bond donors (Lipinski definition) is 2. The Morgan fingerprint density at radius 1 is 1.48 bits per heavy atom. The number of benzene rings is 1. The van der Waals surface area contributed by atoms with Crippen LogP contribution in [0.2, 0.25) is 0 Å². The third-order valence-corrected chi connectivity index (χ3v) is 4.35. The fraction of sp³-hybridized carbons (Fsp3) is 0.182. The van der Waals surface area contributed by atoms with Crippen LogP contribution < -0.4 is 4.72 Å². The van der Waals surface area contributed by atoms with Crippen molar-refractivity contribution in [3.63, 3.8) is 0 Å². The van der Waals surface area contributed by atoms with Crippen molar-refractivity contribution in [2.45, 2.75) is 17.9 Å². The number of aromatic amines is 1. The van der Waals surface area contributed by atoms with Crippen LogP contribution in [0.15, 0.2) is 35.5 Å². The molecule has 10 heteroatoms. The summed E-state index contributed by atoms with van der Waals surface area (Å²) in [5.74, 6) is -1.21. The first-order valence-corrected chi connectivity index (χ1v) is 7.25. The van der Waals surface area contributed by atoms with Crippen molar-refractivity contribution in [2.24, 2.45) is 0 Å². The minimum Gasteiger partial charge on any atom is -0.285 e. The van der Waals surface area contributed by atoms with Crippen molar-refractivity contribution < 1.29 is 17.7 Å². The maximum Gasteiger partial charge on any atom is 0.324 e. The van der Waals surface area contributed by atoms with Crippen molar-refractivity contribution in [3.05, 3.63) is 52.1 Å². The molecule has 0 fully saturated rings. The van der Waals surface area contributed by atoms with E-state index in [-0.39, 0.29) is 0 Å². The fourth-order valence-electron chi connectivity index (χ4n) is 1.75. The average Bonchev–Trinajstić information content (AvgIpc) is 2.91. The van der Waals surface area contributed by atoms with E-state index in [1.807, 2.05) is 0 Å². The van der Waals surface area contributed by atoms with Crippen molar-refractivity contribution in [1.29, 1.82) is 0 Å². The Hall–Kier alpha value is -2.33. The van der Waals surface area contributed by atoms with E-state index in [2.05, 4.69) is 14.9 Å². The van der Waals surface area contributed by atoms with Gasteiger partial charge in [-0.1, -0.05) is 6.07 Å². The first-order chi connectivity index (χ1) is 9.83. The molecule has 0 spiro atoms. The van der Waals surface area contributed by atoms with Crippen molar-refractivity contribution in [3.8, 4) is 0 Å². The molecule has 2 aromatic rings. The standard InChI is InChI=1S/C11H11FN4O4S/c1-7(8-5-13-14-6-8)15-21(19,20)10-4-2-3-9(12)11(10)16(17)18/h2-7,15H,1H3,(H,13,14). The summed E-state index contributed by atoms with van der Waals surface area (Å²) < 4.78 is 40.1. The van der Waals surface area contributed by atoms with Gasteiger partial charge in [0.25, 0.3) is 0 Å². The number of halogens is 1. The molecule has 1 unspecified atom stereocenters. The molecule has 2 N–H and O–H groups in total. The molecule has 0 aliphatic carbocycles. The van der Waals surface area contributed by atoms with E-state index < -0.39 is 37.4 Å². The van der Waals surface area contributed by atoms with Crippen LogP contribution in [0.25, 0.3) is 0 Å². The van der Waals surface area contributed by atoms with Crippen molar-refractivity contribution in [1.82, 2.24) is 14.9 Å². The van der Waals surface area contributed by atoms with Gasteiger partial charge in [-0.05, 0) is 19.1 Å². The lowest BCUT2D eigenvalue weighted by atomic mass is 10.2. The summed E-state index contributed by atoms with van der Waals surface area (Å²) in [4.78, 5) is 9.08. The molecule has 112 valence electrons. The molecule has 0 bridgehead atoms. The van der Waals surface area contributed by atoms with Crippen LogP contribution in [-0.2, 0) is 10.0 Å². The number of rotatable bonds is 5. The predicted molar refractivity (Wildman–Crippen MR) is 70.4 cm³/mol. The summed E-state index contributed by atoms with van der Waals surface area (Å²) >= 11 is 0. The number of nitrogens with one attached hydrogen (secondary N) is 2. The van der Waals surface area contributed by atoms with Gasteiger partial charge in [-0.15, -0.1) is 0 Å². The number of sulfonamides is 1. The summed E-state index contributed by atoms with van der Waals surface area (Å²) in [6.45, 7) is 1.54. The van der Waals surface area contributed by atoms with Crippen LogP contribution in [0.4, 0.5) is 10.1 Å². The zero-order chi connectivity index (χ0) is 15.6. The third kappa shape index (κ3) is 3.06. The number of nitrogens with zero attached hydrogens (tertiary/aromatic N) is 2. The van der Waals surface area contributed by atoms with Crippen LogP contribution in [0.3, 0.4) is 0 Å². The van der Waals surface area contributed by atoms with E-state index in [9.17, 15) is 22.9 Å². The summed E-state index contributed by atoms with van der Waals surface area (Å²) in [5, 5.41) is 17.1. The van der Waals surface area contributed by atoms with Gasteiger partial charge in [0.15, 0.2) is 4.90 Å². The SMILES string of the molecule is CC(NS(=O)(=O)c1cccc(F)c1[N+](=O)[O-])c1cn[nH]c1. The highest BCUT2D eigenvalue weighted by Gasteiger charge is 2.30. The Kier molecular flexibility index (Phi) is 4.00. The molecule has 0 saturated carbocycles. The number of nitro groups is 1. The molecule has 0 radical (unpaired) electrons. The molecule has 21 heavy (non-hydrogen) atoms. The topological polar surface area (TPSA) is 118 Å². The summed E-state index contributed by atoms with van der Waals surface area (Å²) in [6.07, 6.45) is 2.89. The Morgan fingerprint density at radius 2 is 2.19 bits per heavy atom. The van der Waals surface area contributed by atoms with Crippen molar-refractivity contribution >= 4 is 15.7 Å². The Labute approximate surface area is 119 Å². The zero-order valence-corrected chi connectivity index (χ0v) is 11.6. The smallest absolute Gasteiger partial charge is 0.285 e. The lowest BCUT2D eigenvalue weighted by Crippen LogP contribution is -2.27. The molecule has 0 saturated heterocycles. The molecule has 2 rings (SSSR count). The lowest BCUT2D eigenvalue weighted by Gasteiger charge is -2.12. The Bertz CT molecular complexity index is 761. The second-order valence-corrected chi connectivity index (χ2v) is 5.90. The number of H-pyrrole nitrogens is 1. The highest BCUT2D eigenvalue weighted by Crippen LogP contribution is 2.27. The van der Waals surface area contributed by atoms with Crippen LogP contribution in [0.5, 0.6) is 0 Å². The van der Waals surface area contributed by atoms with Crippen molar-refractivity contribution in [2.75, 3.05) is 0 Å². The van der Waals surface area contributed by atoms with Gasteiger partial charge in [-0.25, -0.2) is 13.1 Å². The van der Waals surface area contributed by atoms with E-state index in [4.69, 9.17) is 0 Å². The van der Waals surface area contributed by atoms with Gasteiger partial charge >= 0.3 is 5.69 Å². The van der Waals surface area contributed by atoms with Gasteiger partial charge in [0.05, 0.1) is 11.1 Å². The van der Waals surface area contributed by atoms with Crippen LogP contribution >= 0.6 is 0 Å². The molecule has 1 aromatic carbocycles. The van der Waals surface area contributed by atoms with E-state index in [1.54, 1.807) is 0 Å². The molecular weight excluding hydrogens is 303 g/mol. The lowest BCUT2D eigenvalue weighted by molar-refractivity contribution is -0.390. The molecule has 0 aliphatic rings. The molecule has 1 atom stereocenters. The molecule has 1 aromatic heterocycles. The zero-order valence-electron chi connectivity index (χ0n) is 10.8. The monoisotopic (exact) mass is 314 g/mol. The number of aromatic nitrogens is 2. The van der Waals surface area contributed by atoms with Crippen LogP contribution in [-0.4, -0.2) is 23.5 Å². The molecule has 0 aliphatic heterocycles. The largest absolute Gasteiger partial charge is 0.324 e. The molecular formula is C11H11FN4O4S. The second-order valence-electron chi connectivity index (χ2n) is 4.22. The first-order valence-electron chi connectivity index (χ1n) is 5.77. The van der Waals surface area contributed by atoms with E-state index >= 15 is 0 Å². The average molecular weight is 314 g/mol. The van der Waals surface area contributed by atoms with Gasteiger partial charge in [0, 0.05) is 17.8 Å². The summed E-state index contributed by atoms with van der Waals surface area (Å²) in [5.41, 5.74) is -0.540. The minimum absolute atomic E-state index is 0.539. The van der Waals surface area contributed by atoms with Gasteiger partial charge < -0.3 is 0 Å². The van der Waals surface area contributed by atoms with Gasteiger partial charge in [0.1, 0.15) is 0 Å². The van der Waals surface area contributed by atoms with E-state index in [1.165, 1.54) is 19.3 Å². The minimum atomic E-state index is -4.26. The molecule has 0 amide bonds. The summed E-state index contributed by atoms with van der Waals surface area (Å²) in [7, 11) is -4.26. The van der Waals surface area contributed by atoms with Gasteiger partial charge in [-0.3, -0.25) is 15.2 Å². The molecule has 1 heterocycles. The van der Waals surface area contributed by atoms with E-state index in [0.29, 0.717) is 5.56 Å². The predicted octanol–water partition coefficient (Wildman–Crippen LogP) is 1.50.